The van der Waals surface area contributed by atoms with E-state index in [4.69, 9.17) is 18.9 Å². The third-order valence-corrected chi connectivity index (χ3v) is 5.71. The summed E-state index contributed by atoms with van der Waals surface area (Å²) in [6.45, 7) is 6.24. The highest BCUT2D eigenvalue weighted by Crippen LogP contribution is 2.34. The first-order chi connectivity index (χ1) is 14.6. The van der Waals surface area contributed by atoms with Gasteiger partial charge in [-0.15, -0.1) is 0 Å². The fourth-order valence-corrected chi connectivity index (χ4v) is 3.97. The summed E-state index contributed by atoms with van der Waals surface area (Å²) in [6, 6.07) is 11.9. The molecular weight excluding hydrogens is 382 g/mol. The average Bonchev–Trinajstić information content (AvgIpc) is 3.39. The second kappa shape index (κ2) is 7.54. The van der Waals surface area contributed by atoms with Crippen LogP contribution in [0.3, 0.4) is 0 Å². The van der Waals surface area contributed by atoms with E-state index in [0.717, 1.165) is 45.3 Å². The van der Waals surface area contributed by atoms with Gasteiger partial charge in [0.1, 0.15) is 13.1 Å². The van der Waals surface area contributed by atoms with Gasteiger partial charge in [-0.3, -0.25) is 4.79 Å². The van der Waals surface area contributed by atoms with Gasteiger partial charge in [0.2, 0.25) is 13.6 Å². The van der Waals surface area contributed by atoms with Crippen LogP contribution in [-0.2, 0) is 4.79 Å². The first-order valence-corrected chi connectivity index (χ1v) is 10.2. The van der Waals surface area contributed by atoms with Crippen molar-refractivity contribution in [2.45, 2.75) is 19.9 Å². The number of fused-ring (bicyclic) bond motifs is 2. The Morgan fingerprint density at radius 1 is 0.767 bits per heavy atom. The molecule has 3 aliphatic rings. The van der Waals surface area contributed by atoms with Crippen LogP contribution in [0.4, 0.5) is 0 Å². The Kier molecular flexibility index (Phi) is 4.71. The summed E-state index contributed by atoms with van der Waals surface area (Å²) >= 11 is 0. The minimum absolute atomic E-state index is 0.0923. The molecule has 2 aromatic rings. The summed E-state index contributed by atoms with van der Waals surface area (Å²) in [5, 5.41) is 0. The molecule has 6 heteroatoms. The number of ketones is 1. The van der Waals surface area contributed by atoms with Gasteiger partial charge in [0.15, 0.2) is 28.8 Å². The Bertz CT molecular complexity index is 990. The van der Waals surface area contributed by atoms with Crippen LogP contribution in [-0.4, -0.2) is 38.5 Å². The number of rotatable bonds is 3. The molecule has 5 rings (SSSR count). The lowest BCUT2D eigenvalue weighted by Gasteiger charge is -2.30. The van der Waals surface area contributed by atoms with E-state index >= 15 is 0 Å². The first kappa shape index (κ1) is 18.8. The molecule has 0 aromatic heterocycles. The maximum atomic E-state index is 13.3. The Balaban J connectivity index is 1.48. The van der Waals surface area contributed by atoms with Crippen LogP contribution in [0.1, 0.15) is 25.0 Å². The molecule has 0 saturated carbocycles. The van der Waals surface area contributed by atoms with E-state index in [1.54, 1.807) is 0 Å². The van der Waals surface area contributed by atoms with Crippen LogP contribution in [0.2, 0.25) is 0 Å². The second-order valence-electron chi connectivity index (χ2n) is 8.06. The van der Waals surface area contributed by atoms with Gasteiger partial charge in [-0.05, 0) is 61.4 Å². The molecular formula is C24H24NO5+. The van der Waals surface area contributed by atoms with E-state index in [2.05, 4.69) is 13.8 Å². The lowest BCUT2D eigenvalue weighted by atomic mass is 9.93. The van der Waals surface area contributed by atoms with E-state index in [9.17, 15) is 4.79 Å². The van der Waals surface area contributed by atoms with Gasteiger partial charge in [-0.25, -0.2) is 0 Å². The van der Waals surface area contributed by atoms with Gasteiger partial charge >= 0.3 is 0 Å². The molecule has 3 heterocycles. The number of hydrogen-bond donors (Lipinski definition) is 1. The fraction of sp³-hybridized carbons (Fsp3) is 0.292. The van der Waals surface area contributed by atoms with Gasteiger partial charge < -0.3 is 23.8 Å². The number of benzene rings is 2. The summed E-state index contributed by atoms with van der Waals surface area (Å²) < 4.78 is 21.7. The smallest absolute Gasteiger partial charge is 0.231 e. The molecule has 3 aliphatic heterocycles. The van der Waals surface area contributed by atoms with Crippen molar-refractivity contribution in [1.82, 2.24) is 0 Å². The molecule has 2 aromatic carbocycles. The fourth-order valence-electron chi connectivity index (χ4n) is 3.97. The molecule has 0 amide bonds. The SMILES string of the molecule is CC(C)[NH+]1C/C(=C/c2ccc3c(c2)OCO3)C(=O)/C(=C/c2ccc3c(c2)OCO3)C1. The molecule has 0 bridgehead atoms. The Labute approximate surface area is 175 Å². The molecule has 1 fully saturated rings. The summed E-state index contributed by atoms with van der Waals surface area (Å²) in [6.07, 6.45) is 3.94. The van der Waals surface area contributed by atoms with E-state index < -0.39 is 0 Å². The van der Waals surface area contributed by atoms with Crippen molar-refractivity contribution in [2.24, 2.45) is 0 Å². The van der Waals surface area contributed by atoms with Crippen molar-refractivity contribution in [1.29, 1.82) is 0 Å². The normalized spacial score (nSPS) is 22.4. The Morgan fingerprint density at radius 3 is 1.70 bits per heavy atom. The van der Waals surface area contributed by atoms with Crippen LogP contribution >= 0.6 is 0 Å². The lowest BCUT2D eigenvalue weighted by molar-refractivity contribution is -0.912. The monoisotopic (exact) mass is 406 g/mol. The number of carbonyl (C=O) groups is 1. The zero-order valence-electron chi connectivity index (χ0n) is 17.1. The molecule has 30 heavy (non-hydrogen) atoms. The number of likely N-dealkylation sites (tertiary alicyclic amines) is 1. The van der Waals surface area contributed by atoms with Gasteiger partial charge in [-0.2, -0.15) is 0 Å². The van der Waals surface area contributed by atoms with Crippen molar-refractivity contribution >= 4 is 17.9 Å². The quantitative estimate of drug-likeness (QED) is 0.794. The first-order valence-electron chi connectivity index (χ1n) is 10.2. The maximum absolute atomic E-state index is 13.3. The van der Waals surface area contributed by atoms with E-state index in [1.165, 1.54) is 4.90 Å². The third kappa shape index (κ3) is 3.55. The highest BCUT2D eigenvalue weighted by molar-refractivity contribution is 6.14. The van der Waals surface area contributed by atoms with Crippen LogP contribution < -0.4 is 23.8 Å². The Hall–Kier alpha value is -3.25. The molecule has 0 spiro atoms. The highest BCUT2D eigenvalue weighted by atomic mass is 16.7. The second-order valence-corrected chi connectivity index (χ2v) is 8.06. The van der Waals surface area contributed by atoms with Gasteiger partial charge in [0.05, 0.1) is 17.2 Å². The summed E-state index contributed by atoms with van der Waals surface area (Å²) in [5.41, 5.74) is 3.48. The maximum Gasteiger partial charge on any atom is 0.231 e. The van der Waals surface area contributed by atoms with Crippen molar-refractivity contribution in [3.8, 4) is 23.0 Å². The van der Waals surface area contributed by atoms with Crippen LogP contribution in [0.15, 0.2) is 47.5 Å². The van der Waals surface area contributed by atoms with Gasteiger partial charge in [0, 0.05) is 0 Å². The minimum atomic E-state index is 0.0923. The number of quaternary nitrogens is 1. The minimum Gasteiger partial charge on any atom is -0.454 e. The lowest BCUT2D eigenvalue weighted by Crippen LogP contribution is -3.16. The van der Waals surface area contributed by atoms with E-state index in [1.807, 2.05) is 48.6 Å². The molecule has 0 radical (unpaired) electrons. The number of nitrogens with one attached hydrogen (secondary N) is 1. The van der Waals surface area contributed by atoms with Gasteiger partial charge in [0.25, 0.3) is 0 Å². The topological polar surface area (TPSA) is 58.4 Å². The Morgan fingerprint density at radius 2 is 1.23 bits per heavy atom. The molecule has 1 unspecified atom stereocenters. The molecule has 6 nitrogen and oxygen atoms in total. The number of piperidine rings is 1. The van der Waals surface area contributed by atoms with Gasteiger partial charge in [-0.1, -0.05) is 12.1 Å². The van der Waals surface area contributed by atoms with Crippen molar-refractivity contribution in [3.63, 3.8) is 0 Å². The van der Waals surface area contributed by atoms with Crippen molar-refractivity contribution < 1.29 is 28.6 Å². The van der Waals surface area contributed by atoms with Crippen LogP contribution in [0.5, 0.6) is 23.0 Å². The predicted octanol–water partition coefficient (Wildman–Crippen LogP) is 2.49. The number of hydrogen-bond acceptors (Lipinski definition) is 5. The van der Waals surface area contributed by atoms with E-state index in [0.29, 0.717) is 19.1 Å². The largest absolute Gasteiger partial charge is 0.454 e. The summed E-state index contributed by atoms with van der Waals surface area (Å²) in [4.78, 5) is 14.7. The molecule has 1 N–H and O–H groups in total. The third-order valence-electron chi connectivity index (χ3n) is 5.71. The van der Waals surface area contributed by atoms with Crippen molar-refractivity contribution in [2.75, 3.05) is 26.7 Å². The van der Waals surface area contributed by atoms with Crippen molar-refractivity contribution in [3.05, 3.63) is 58.7 Å². The summed E-state index contributed by atoms with van der Waals surface area (Å²) in [7, 11) is 0. The highest BCUT2D eigenvalue weighted by Gasteiger charge is 2.31. The molecule has 0 aliphatic carbocycles. The number of carbonyl (C=O) groups excluding carboxylic acids is 1. The summed E-state index contributed by atoms with van der Waals surface area (Å²) in [5.74, 6) is 3.01. The standard InChI is InChI=1S/C24H23NO5/c1-15(2)25-11-18(7-16-3-5-20-22(9-16)29-13-27-20)24(26)19(12-25)8-17-4-6-21-23(10-17)30-14-28-21/h3-10,15H,11-14H2,1-2H3/p+1/b18-7-,19-8+. The predicted molar refractivity (Wildman–Crippen MR) is 112 cm³/mol. The zero-order valence-corrected chi connectivity index (χ0v) is 17.1. The molecule has 1 saturated heterocycles. The number of ether oxygens (including phenoxy) is 4. The average molecular weight is 406 g/mol. The molecule has 154 valence electrons. The zero-order chi connectivity index (χ0) is 20.7. The molecule has 1 atom stereocenters. The number of Topliss-reactive ketones (excluding diaryl/α,β-unsaturated/α-hetero) is 1. The van der Waals surface area contributed by atoms with Crippen LogP contribution in [0, 0.1) is 0 Å². The van der Waals surface area contributed by atoms with E-state index in [-0.39, 0.29) is 19.4 Å². The van der Waals surface area contributed by atoms with Crippen LogP contribution in [0.25, 0.3) is 12.2 Å².